The van der Waals surface area contributed by atoms with Crippen LogP contribution in [0, 0.1) is 10.1 Å². The number of aromatic nitrogens is 2. The maximum Gasteiger partial charge on any atom is 0.353 e. The molecular weight excluding hydrogens is 236 g/mol. The maximum atomic E-state index is 11.1. The fourth-order valence-corrected chi connectivity index (χ4v) is 1.56. The van der Waals surface area contributed by atoms with Crippen LogP contribution in [-0.2, 0) is 13.5 Å². The van der Waals surface area contributed by atoms with Gasteiger partial charge in [0.25, 0.3) is 5.88 Å². The Morgan fingerprint density at radius 3 is 2.61 bits per heavy atom. The normalized spacial score (nSPS) is 11.6. The monoisotopic (exact) mass is 256 g/mol. The molecule has 0 aromatic carbocycles. The highest BCUT2D eigenvalue weighted by Gasteiger charge is 2.28. The number of hydrogen-bond donors (Lipinski definition) is 1. The Balaban J connectivity index is 3.05. The van der Waals surface area contributed by atoms with Gasteiger partial charge in [0, 0.05) is 12.6 Å². The van der Waals surface area contributed by atoms with Crippen molar-refractivity contribution in [1.29, 1.82) is 0 Å². The summed E-state index contributed by atoms with van der Waals surface area (Å²) in [4.78, 5) is 10.6. The molecule has 0 radical (unpaired) electrons. The maximum absolute atomic E-state index is 11.1. The third kappa shape index (κ3) is 3.43. The standard InChI is InChI=1S/C11H20N4O3/c1-5-6-8-9(15(16)17)10(14(4)13-8)18-7-11(2,3)12/h5-7,12H2,1-4H3. The van der Waals surface area contributed by atoms with Gasteiger partial charge in [0.15, 0.2) is 0 Å². The van der Waals surface area contributed by atoms with Crippen LogP contribution in [0.1, 0.15) is 32.9 Å². The van der Waals surface area contributed by atoms with Gasteiger partial charge in [-0.2, -0.15) is 5.10 Å². The van der Waals surface area contributed by atoms with E-state index in [1.54, 1.807) is 20.9 Å². The quantitative estimate of drug-likeness (QED) is 0.613. The molecular formula is C11H20N4O3. The first-order valence-electron chi connectivity index (χ1n) is 5.88. The molecule has 1 heterocycles. The Morgan fingerprint density at radius 2 is 2.17 bits per heavy atom. The molecule has 1 rings (SSSR count). The van der Waals surface area contributed by atoms with Gasteiger partial charge in [0.05, 0.1) is 4.92 Å². The first-order chi connectivity index (χ1) is 8.26. The molecule has 2 N–H and O–H groups in total. The van der Waals surface area contributed by atoms with E-state index in [4.69, 9.17) is 10.5 Å². The fraction of sp³-hybridized carbons (Fsp3) is 0.727. The third-order valence-corrected chi connectivity index (χ3v) is 2.29. The van der Waals surface area contributed by atoms with Crippen molar-refractivity contribution in [2.45, 2.75) is 39.2 Å². The largest absolute Gasteiger partial charge is 0.471 e. The summed E-state index contributed by atoms with van der Waals surface area (Å²) in [7, 11) is 1.63. The van der Waals surface area contributed by atoms with Gasteiger partial charge >= 0.3 is 5.69 Å². The fourth-order valence-electron chi connectivity index (χ4n) is 1.56. The van der Waals surface area contributed by atoms with Crippen LogP contribution in [0.3, 0.4) is 0 Å². The van der Waals surface area contributed by atoms with E-state index in [-0.39, 0.29) is 18.2 Å². The molecule has 0 bridgehead atoms. The lowest BCUT2D eigenvalue weighted by Crippen LogP contribution is -2.39. The molecule has 0 aliphatic carbocycles. The average Bonchev–Trinajstić information content (AvgIpc) is 2.51. The molecule has 0 unspecified atom stereocenters. The van der Waals surface area contributed by atoms with E-state index in [1.807, 2.05) is 6.92 Å². The van der Waals surface area contributed by atoms with Crippen LogP contribution in [-0.4, -0.2) is 26.8 Å². The summed E-state index contributed by atoms with van der Waals surface area (Å²) in [5.74, 6) is 0.168. The first-order valence-corrected chi connectivity index (χ1v) is 5.88. The van der Waals surface area contributed by atoms with Gasteiger partial charge in [-0.3, -0.25) is 10.1 Å². The summed E-state index contributed by atoms with van der Waals surface area (Å²) in [5, 5.41) is 15.2. The van der Waals surface area contributed by atoms with Crippen LogP contribution in [0.4, 0.5) is 5.69 Å². The van der Waals surface area contributed by atoms with Gasteiger partial charge in [-0.1, -0.05) is 13.3 Å². The molecule has 7 nitrogen and oxygen atoms in total. The highest BCUT2D eigenvalue weighted by Crippen LogP contribution is 2.31. The predicted octanol–water partition coefficient (Wildman–Crippen LogP) is 1.40. The van der Waals surface area contributed by atoms with Crippen molar-refractivity contribution in [1.82, 2.24) is 9.78 Å². The molecule has 0 saturated heterocycles. The first kappa shape index (κ1) is 14.4. The molecule has 0 fully saturated rings. The summed E-state index contributed by atoms with van der Waals surface area (Å²) in [6, 6.07) is 0. The molecule has 0 atom stereocenters. The molecule has 18 heavy (non-hydrogen) atoms. The molecule has 7 heteroatoms. The molecule has 1 aromatic heterocycles. The van der Waals surface area contributed by atoms with E-state index in [1.165, 1.54) is 4.68 Å². The van der Waals surface area contributed by atoms with E-state index < -0.39 is 10.5 Å². The Bertz CT molecular complexity index is 434. The van der Waals surface area contributed by atoms with Crippen LogP contribution in [0.2, 0.25) is 0 Å². The molecule has 0 saturated carbocycles. The Labute approximate surface area is 106 Å². The predicted molar refractivity (Wildman–Crippen MR) is 67.6 cm³/mol. The summed E-state index contributed by atoms with van der Waals surface area (Å²) < 4.78 is 6.85. The smallest absolute Gasteiger partial charge is 0.353 e. The second-order valence-electron chi connectivity index (χ2n) is 5.01. The zero-order valence-corrected chi connectivity index (χ0v) is 11.3. The third-order valence-electron chi connectivity index (χ3n) is 2.29. The molecule has 1 aromatic rings. The highest BCUT2D eigenvalue weighted by molar-refractivity contribution is 5.46. The lowest BCUT2D eigenvalue weighted by Gasteiger charge is -2.18. The van der Waals surface area contributed by atoms with E-state index in [0.717, 1.165) is 6.42 Å². The van der Waals surface area contributed by atoms with Gasteiger partial charge in [0.1, 0.15) is 12.3 Å². The zero-order valence-electron chi connectivity index (χ0n) is 11.3. The number of nitrogens with zero attached hydrogens (tertiary/aromatic N) is 3. The number of rotatable bonds is 6. The van der Waals surface area contributed by atoms with Crippen molar-refractivity contribution in [2.24, 2.45) is 12.8 Å². The summed E-state index contributed by atoms with van der Waals surface area (Å²) >= 11 is 0. The van der Waals surface area contributed by atoms with E-state index in [9.17, 15) is 10.1 Å². The van der Waals surface area contributed by atoms with Gasteiger partial charge in [-0.15, -0.1) is 0 Å². The molecule has 0 aliphatic rings. The van der Waals surface area contributed by atoms with Crippen molar-refractivity contribution >= 4 is 5.69 Å². The van der Waals surface area contributed by atoms with Crippen LogP contribution < -0.4 is 10.5 Å². The van der Waals surface area contributed by atoms with Crippen molar-refractivity contribution in [3.05, 3.63) is 15.8 Å². The molecule has 0 aliphatic heterocycles. The lowest BCUT2D eigenvalue weighted by atomic mass is 10.1. The van der Waals surface area contributed by atoms with Crippen molar-refractivity contribution in [2.75, 3.05) is 6.61 Å². The Hall–Kier alpha value is -1.63. The average molecular weight is 256 g/mol. The van der Waals surface area contributed by atoms with Gasteiger partial charge in [-0.05, 0) is 20.3 Å². The van der Waals surface area contributed by atoms with E-state index >= 15 is 0 Å². The number of nitrogens with two attached hydrogens (primary N) is 1. The minimum atomic E-state index is -0.553. The number of aryl methyl sites for hydroxylation is 2. The molecule has 0 amide bonds. The highest BCUT2D eigenvalue weighted by atomic mass is 16.6. The van der Waals surface area contributed by atoms with E-state index in [2.05, 4.69) is 5.10 Å². The Morgan fingerprint density at radius 1 is 1.56 bits per heavy atom. The van der Waals surface area contributed by atoms with Crippen LogP contribution >= 0.6 is 0 Å². The summed E-state index contributed by atoms with van der Waals surface area (Å²) in [5.41, 5.74) is 5.65. The van der Waals surface area contributed by atoms with Crippen LogP contribution in [0.25, 0.3) is 0 Å². The summed E-state index contributed by atoms with van der Waals surface area (Å²) in [6.45, 7) is 5.73. The molecule has 102 valence electrons. The van der Waals surface area contributed by atoms with Crippen molar-refractivity contribution in [3.8, 4) is 5.88 Å². The number of ether oxygens (including phenoxy) is 1. The van der Waals surface area contributed by atoms with Crippen molar-refractivity contribution in [3.63, 3.8) is 0 Å². The topological polar surface area (TPSA) is 96.2 Å². The lowest BCUT2D eigenvalue weighted by molar-refractivity contribution is -0.386. The SMILES string of the molecule is CCCc1nn(C)c(OCC(C)(C)N)c1[N+](=O)[O-]. The minimum Gasteiger partial charge on any atom is -0.471 e. The van der Waals surface area contributed by atoms with Crippen LogP contribution in [0.5, 0.6) is 5.88 Å². The number of hydrogen-bond acceptors (Lipinski definition) is 5. The zero-order chi connectivity index (χ0) is 13.9. The Kier molecular flexibility index (Phi) is 4.28. The van der Waals surface area contributed by atoms with Gasteiger partial charge in [0.2, 0.25) is 0 Å². The molecule has 0 spiro atoms. The second-order valence-corrected chi connectivity index (χ2v) is 5.01. The second kappa shape index (κ2) is 5.34. The van der Waals surface area contributed by atoms with Crippen molar-refractivity contribution < 1.29 is 9.66 Å². The van der Waals surface area contributed by atoms with Crippen LogP contribution in [0.15, 0.2) is 0 Å². The van der Waals surface area contributed by atoms with Gasteiger partial charge in [-0.25, -0.2) is 4.68 Å². The summed E-state index contributed by atoms with van der Waals surface area (Å²) in [6.07, 6.45) is 1.35. The minimum absolute atomic E-state index is 0.0522. The van der Waals surface area contributed by atoms with Gasteiger partial charge < -0.3 is 10.5 Å². The number of nitro groups is 1. The van der Waals surface area contributed by atoms with E-state index in [0.29, 0.717) is 12.1 Å².